The van der Waals surface area contributed by atoms with Crippen LogP contribution in [-0.2, 0) is 11.3 Å². The van der Waals surface area contributed by atoms with Crippen molar-refractivity contribution in [1.82, 2.24) is 25.4 Å². The lowest BCUT2D eigenvalue weighted by molar-refractivity contribution is 0.0913. The minimum absolute atomic E-state index is 0.0268. The summed E-state index contributed by atoms with van der Waals surface area (Å²) in [6, 6.07) is 8.90. The third kappa shape index (κ3) is 5.12. The van der Waals surface area contributed by atoms with Crippen molar-refractivity contribution in [2.75, 3.05) is 20.3 Å². The lowest BCUT2D eigenvalue weighted by Gasteiger charge is -2.32. The van der Waals surface area contributed by atoms with Gasteiger partial charge >= 0.3 is 6.09 Å². The average molecular weight is 556 g/mol. The summed E-state index contributed by atoms with van der Waals surface area (Å²) in [5.41, 5.74) is 1.65. The predicted molar refractivity (Wildman–Crippen MR) is 140 cm³/mol. The summed E-state index contributed by atoms with van der Waals surface area (Å²) in [4.78, 5) is 31.6. The molecule has 12 heteroatoms. The zero-order chi connectivity index (χ0) is 26.2. The standard InChI is InChI=1S/C26H26ClN5O5S/c1-35-23-19(22(33)28-12-14-2-6-16(27)7-3-14)11-20(21(29-23)25-31-30-24(38-25)15-4-5-15)37-18-8-9-32-17(10-18)13-36-26(32)34/h2-3,6-7,11,15,17-18H,4-5,8-10,12-13H2,1H3,(H,28,33)/t17-,18-/m0/s1. The van der Waals surface area contributed by atoms with Gasteiger partial charge in [0.15, 0.2) is 5.01 Å². The second kappa shape index (κ2) is 10.4. The molecule has 6 rings (SSSR count). The van der Waals surface area contributed by atoms with E-state index in [4.69, 9.17) is 25.8 Å². The Hall–Kier alpha value is -3.44. The second-order valence-electron chi connectivity index (χ2n) is 9.61. The average Bonchev–Trinajstić information content (AvgIpc) is 3.55. The van der Waals surface area contributed by atoms with Crippen LogP contribution in [0.2, 0.25) is 5.02 Å². The Morgan fingerprint density at radius 1 is 1.24 bits per heavy atom. The maximum absolute atomic E-state index is 13.2. The third-order valence-electron chi connectivity index (χ3n) is 6.92. The number of rotatable bonds is 8. The van der Waals surface area contributed by atoms with Gasteiger partial charge in [-0.1, -0.05) is 35.1 Å². The summed E-state index contributed by atoms with van der Waals surface area (Å²) in [6.45, 7) is 1.21. The number of nitrogens with one attached hydrogen (secondary N) is 1. The van der Waals surface area contributed by atoms with Crippen LogP contribution >= 0.6 is 22.9 Å². The molecule has 3 aliphatic rings. The highest BCUT2D eigenvalue weighted by molar-refractivity contribution is 7.14. The van der Waals surface area contributed by atoms with Gasteiger partial charge in [0.2, 0.25) is 5.88 Å². The topological polar surface area (TPSA) is 116 Å². The quantitative estimate of drug-likeness (QED) is 0.434. The zero-order valence-electron chi connectivity index (χ0n) is 20.7. The Bertz CT molecular complexity index is 1360. The van der Waals surface area contributed by atoms with Gasteiger partial charge in [0.1, 0.15) is 34.7 Å². The number of methoxy groups -OCH3 is 1. The first-order valence-corrected chi connectivity index (χ1v) is 13.7. The molecule has 198 valence electrons. The van der Waals surface area contributed by atoms with E-state index in [1.807, 2.05) is 12.1 Å². The minimum atomic E-state index is -0.346. The van der Waals surface area contributed by atoms with Gasteiger partial charge in [-0.3, -0.25) is 4.79 Å². The van der Waals surface area contributed by atoms with Crippen LogP contribution in [0.3, 0.4) is 0 Å². The molecule has 1 aliphatic carbocycles. The Labute approximate surface area is 228 Å². The molecule has 3 aromatic rings. The lowest BCUT2D eigenvalue weighted by atomic mass is 10.0. The summed E-state index contributed by atoms with van der Waals surface area (Å²) in [5, 5.41) is 13.9. The van der Waals surface area contributed by atoms with Gasteiger partial charge in [0, 0.05) is 42.9 Å². The van der Waals surface area contributed by atoms with Crippen molar-refractivity contribution in [3.05, 3.63) is 51.5 Å². The molecule has 0 unspecified atom stereocenters. The van der Waals surface area contributed by atoms with E-state index in [9.17, 15) is 9.59 Å². The third-order valence-corrected chi connectivity index (χ3v) is 8.27. The Morgan fingerprint density at radius 2 is 2.05 bits per heavy atom. The van der Waals surface area contributed by atoms with E-state index in [2.05, 4.69) is 20.5 Å². The number of fused-ring (bicyclic) bond motifs is 1. The van der Waals surface area contributed by atoms with Crippen LogP contribution < -0.4 is 14.8 Å². The number of cyclic esters (lactones) is 1. The molecule has 2 atom stereocenters. The molecule has 1 aromatic carbocycles. The molecule has 4 heterocycles. The molecule has 3 fully saturated rings. The van der Waals surface area contributed by atoms with E-state index in [-0.39, 0.29) is 35.6 Å². The number of carbonyl (C=O) groups is 2. The Kier molecular flexibility index (Phi) is 6.79. The number of benzene rings is 1. The first-order chi connectivity index (χ1) is 18.5. The van der Waals surface area contributed by atoms with Gasteiger partial charge in [-0.2, -0.15) is 0 Å². The number of aromatic nitrogens is 3. The van der Waals surface area contributed by atoms with Crippen molar-refractivity contribution < 1.29 is 23.8 Å². The summed E-state index contributed by atoms with van der Waals surface area (Å²) in [6.07, 6.45) is 3.03. The monoisotopic (exact) mass is 555 g/mol. The van der Waals surface area contributed by atoms with Crippen LogP contribution in [0.5, 0.6) is 11.6 Å². The number of hydrogen-bond acceptors (Lipinski definition) is 9. The maximum atomic E-state index is 13.2. The molecule has 0 radical (unpaired) electrons. The summed E-state index contributed by atoms with van der Waals surface area (Å²) in [5.74, 6) is 0.717. The number of amides is 2. The molecule has 10 nitrogen and oxygen atoms in total. The lowest BCUT2D eigenvalue weighted by Crippen LogP contribution is -2.44. The largest absolute Gasteiger partial charge is 0.488 e. The number of hydrogen-bond donors (Lipinski definition) is 1. The first-order valence-electron chi connectivity index (χ1n) is 12.5. The van der Waals surface area contributed by atoms with Gasteiger partial charge in [-0.05, 0) is 30.5 Å². The number of halogens is 1. The Morgan fingerprint density at radius 3 is 2.82 bits per heavy atom. The van der Waals surface area contributed by atoms with Gasteiger partial charge in [0.05, 0.1) is 13.2 Å². The number of carbonyl (C=O) groups excluding carboxylic acids is 2. The zero-order valence-corrected chi connectivity index (χ0v) is 22.3. The number of nitrogens with zero attached hydrogens (tertiary/aromatic N) is 4. The number of piperidine rings is 1. The van der Waals surface area contributed by atoms with E-state index in [1.165, 1.54) is 18.4 Å². The van der Waals surface area contributed by atoms with Crippen molar-refractivity contribution in [2.24, 2.45) is 0 Å². The molecule has 2 aliphatic heterocycles. The second-order valence-corrected chi connectivity index (χ2v) is 11.1. The van der Waals surface area contributed by atoms with Crippen molar-refractivity contribution in [2.45, 2.75) is 50.3 Å². The highest BCUT2D eigenvalue weighted by Crippen LogP contribution is 2.44. The van der Waals surface area contributed by atoms with Crippen LogP contribution in [0.4, 0.5) is 4.79 Å². The molecule has 2 saturated heterocycles. The molecule has 2 amide bonds. The van der Waals surface area contributed by atoms with Crippen molar-refractivity contribution in [1.29, 1.82) is 0 Å². The summed E-state index contributed by atoms with van der Waals surface area (Å²) in [7, 11) is 1.48. The van der Waals surface area contributed by atoms with Crippen molar-refractivity contribution >= 4 is 34.9 Å². The van der Waals surface area contributed by atoms with Crippen LogP contribution in [0.1, 0.15) is 52.5 Å². The molecular weight excluding hydrogens is 530 g/mol. The van der Waals surface area contributed by atoms with E-state index in [1.54, 1.807) is 23.1 Å². The van der Waals surface area contributed by atoms with E-state index >= 15 is 0 Å². The highest BCUT2D eigenvalue weighted by atomic mass is 35.5. The Balaban J connectivity index is 1.29. The van der Waals surface area contributed by atoms with Gasteiger partial charge in [-0.25, -0.2) is 9.78 Å². The number of pyridine rings is 1. The fourth-order valence-electron chi connectivity index (χ4n) is 4.69. The molecular formula is C26H26ClN5O5S. The van der Waals surface area contributed by atoms with Crippen molar-refractivity contribution in [3.63, 3.8) is 0 Å². The maximum Gasteiger partial charge on any atom is 0.410 e. The summed E-state index contributed by atoms with van der Waals surface area (Å²) < 4.78 is 17.2. The van der Waals surface area contributed by atoms with Crippen LogP contribution in [0.25, 0.3) is 10.7 Å². The van der Waals surface area contributed by atoms with E-state index < -0.39 is 0 Å². The van der Waals surface area contributed by atoms with Gasteiger partial charge in [0.25, 0.3) is 5.91 Å². The molecule has 38 heavy (non-hydrogen) atoms. The first kappa shape index (κ1) is 24.9. The molecule has 1 saturated carbocycles. The molecule has 1 N–H and O–H groups in total. The normalized spacial score (nSPS) is 20.6. The van der Waals surface area contributed by atoms with Crippen LogP contribution in [0.15, 0.2) is 30.3 Å². The fourth-order valence-corrected chi connectivity index (χ4v) is 5.83. The van der Waals surface area contributed by atoms with Crippen LogP contribution in [-0.4, -0.2) is 64.5 Å². The van der Waals surface area contributed by atoms with E-state index in [0.717, 1.165) is 23.4 Å². The molecule has 0 bridgehead atoms. The summed E-state index contributed by atoms with van der Waals surface area (Å²) >= 11 is 7.46. The van der Waals surface area contributed by atoms with Crippen molar-refractivity contribution in [3.8, 4) is 22.3 Å². The van der Waals surface area contributed by atoms with E-state index in [0.29, 0.717) is 59.9 Å². The van der Waals surface area contributed by atoms with Gasteiger partial charge < -0.3 is 24.4 Å². The minimum Gasteiger partial charge on any atom is -0.488 e. The fraction of sp³-hybridized carbons (Fsp3) is 0.423. The number of ether oxygens (including phenoxy) is 3. The molecule has 2 aromatic heterocycles. The highest BCUT2D eigenvalue weighted by Gasteiger charge is 2.39. The predicted octanol–water partition coefficient (Wildman–Crippen LogP) is 4.43. The van der Waals surface area contributed by atoms with Gasteiger partial charge in [-0.15, -0.1) is 10.2 Å². The SMILES string of the molecule is COc1nc(-c2nnc(C3CC3)s2)c(O[C@H]2CCN3C(=O)OC[C@@H]3C2)cc1C(=O)NCc1ccc(Cl)cc1. The molecule has 0 spiro atoms. The smallest absolute Gasteiger partial charge is 0.410 e. The van der Waals surface area contributed by atoms with Crippen LogP contribution in [0, 0.1) is 0 Å².